The van der Waals surface area contributed by atoms with Crippen LogP contribution in [0.15, 0.2) is 0 Å². The molecule has 75 aliphatic carbocycles. The van der Waals surface area contributed by atoms with Crippen molar-refractivity contribution < 1.29 is 0 Å². The first kappa shape index (κ1) is 30.0. The lowest BCUT2D eigenvalue weighted by atomic mass is 8.25. The Balaban J connectivity index is 0.570. The molecule has 75 saturated carbocycles. The first-order valence-electron chi connectivity index (χ1n) is 47.8. The van der Waals surface area contributed by atoms with E-state index in [0.717, 1.165) is 238 Å². The van der Waals surface area contributed by atoms with E-state index < -0.39 is 0 Å². The summed E-state index contributed by atoms with van der Waals surface area (Å²) in [6, 6.07) is 0. The standard InChI is InChI=1S/C96H44/c1-5-13-14-6-2-10-18-22-26-30-35-39-40-36-32-28-24-20-12-4-8-16-15-7-3-11-19-23-27-31-34-38-37-33-29-25-21-17-9(1)41(5)45(13)46(14)42(6,10)50(18)54(22)58(26)62(30)67(35)71(39)72(40)68(36)64(32)60(28)56(24)52(20)44(8,12)48(16)47(15)43(7,11)51(19)55(23)59(27)63(31)66(34)70(38)69(37)65(33)61(29)57(25)53(21)49(17,41)73(45)74(46,50)78(54)77(53,73)81(57)82(58,78)86(62)85(61,81)89(65)90(67,86)95(71)93(69,89)94(70)91(66)87(63)83(59)79(55)75(47,51)76(48,52)80(56,79)84(60,83)88(64,87)92(68,91)96(72,94)95/h5-40H,1-4H2. The molecule has 0 saturated heterocycles. The first-order chi connectivity index (χ1) is 47.8. The summed E-state index contributed by atoms with van der Waals surface area (Å²) in [7, 11) is 0. The summed E-state index contributed by atoms with van der Waals surface area (Å²) in [6.45, 7) is 0. The van der Waals surface area contributed by atoms with Crippen LogP contribution < -0.4 is 0 Å². The maximum absolute atomic E-state index is 1.91. The summed E-state index contributed by atoms with van der Waals surface area (Å²) in [5, 5.41) is 0. The average Bonchev–Trinajstić information content (AvgIpc) is 0.406. The van der Waals surface area contributed by atoms with Gasteiger partial charge in [-0.25, -0.2) is 0 Å². The Labute approximate surface area is 538 Å². The molecule has 0 heterocycles. The Morgan fingerprint density at radius 3 is 0.333 bits per heavy atom. The van der Waals surface area contributed by atoms with Crippen molar-refractivity contribution in [3.05, 3.63) is 75.8 Å². The Bertz CT molecular complexity index is 6980. The Kier molecular flexibility index (Phi) is 1.31. The average molecular weight is 1200 g/mol. The lowest BCUT2D eigenvalue weighted by Gasteiger charge is -3.77. The molecule has 75 rings (SSSR count). The van der Waals surface area contributed by atoms with E-state index in [-0.39, 0.29) is 0 Å². The van der Waals surface area contributed by atoms with E-state index in [1.165, 1.54) is 278 Å². The lowest BCUT2D eigenvalue weighted by molar-refractivity contribution is -1.25. The molecule has 0 aromatic heterocycles. The van der Waals surface area contributed by atoms with Crippen LogP contribution in [-0.2, 0) is 0 Å². The van der Waals surface area contributed by atoms with Crippen LogP contribution in [0.5, 0.6) is 0 Å². The van der Waals surface area contributed by atoms with Crippen LogP contribution in [0.25, 0.3) is 0 Å². The van der Waals surface area contributed by atoms with Gasteiger partial charge < -0.3 is 0 Å². The molecule has 0 bridgehead atoms. The van der Waals surface area contributed by atoms with Gasteiger partial charge in [0.2, 0.25) is 0 Å². The summed E-state index contributed by atoms with van der Waals surface area (Å²) >= 11 is 0. The molecule has 0 aromatic carbocycles. The fourth-order valence-electron chi connectivity index (χ4n) is 118. The molecule has 75 aliphatic rings. The molecule has 75 fully saturated rings. The second-order valence-corrected chi connectivity index (χ2v) is 64.6. The number of hydrogen-bond donors (Lipinski definition) is 0. The van der Waals surface area contributed by atoms with E-state index in [9.17, 15) is 0 Å². The maximum Gasteiger partial charge on any atom is -0.000370 e. The van der Waals surface area contributed by atoms with Gasteiger partial charge in [0.1, 0.15) is 0 Å². The van der Waals surface area contributed by atoms with Gasteiger partial charge >= 0.3 is 0 Å². The Morgan fingerprint density at radius 2 is 0.188 bits per heavy atom. The third kappa shape index (κ3) is 0.559. The van der Waals surface area contributed by atoms with Crippen LogP contribution in [-0.4, -0.2) is 0 Å². The molecule has 0 amide bonds. The van der Waals surface area contributed by atoms with Gasteiger partial charge in [-0.3, -0.25) is 0 Å². The highest BCUT2D eigenvalue weighted by Crippen LogP contribution is 3.87. The summed E-state index contributed by atoms with van der Waals surface area (Å²) in [6.07, 6.45) is 7.63. The smallest absolute Gasteiger partial charge is 0.000370 e. The molecule has 0 radical (unpaired) electrons. The van der Waals surface area contributed by atoms with Gasteiger partial charge in [-0.2, -0.15) is 0 Å². The van der Waals surface area contributed by atoms with Gasteiger partial charge in [0, 0.05) is 0 Å². The van der Waals surface area contributed by atoms with Crippen molar-refractivity contribution in [2.24, 2.45) is 440 Å². The van der Waals surface area contributed by atoms with Gasteiger partial charge in [-0.15, -0.1) is 0 Å². The van der Waals surface area contributed by atoms with Crippen molar-refractivity contribution in [1.29, 1.82) is 0 Å². The molecular weight excluding hydrogens is 1150 g/mol. The molecule has 0 nitrogen and oxygen atoms in total. The minimum Gasteiger partial charge on any atom is -0.0458 e. The quantitative estimate of drug-likeness (QED) is 0.243. The molecule has 0 heteroatoms. The molecule has 88 unspecified atom stereocenters. The molecular formula is C96H44. The van der Waals surface area contributed by atoms with E-state index in [2.05, 4.69) is 0 Å². The maximum atomic E-state index is 1.91. The zero-order chi connectivity index (χ0) is 51.6. The van der Waals surface area contributed by atoms with Crippen LogP contribution in [0.3, 0.4) is 0 Å². The fraction of sp³-hybridized carbons (Fsp3) is 1.00. The normalized spacial score (nSPS) is 154. The zero-order valence-corrected chi connectivity index (χ0v) is 51.6. The third-order valence-electron chi connectivity index (χ3n) is 89.3. The van der Waals surface area contributed by atoms with Crippen LogP contribution >= 0.6 is 0 Å². The number of fused-ring (bicyclic) bond motifs is 32. The fourth-order valence-corrected chi connectivity index (χ4v) is 118. The van der Waals surface area contributed by atoms with Crippen molar-refractivity contribution in [3.8, 4) is 0 Å². The highest BCUT2D eigenvalue weighted by atomic mass is 15.9. The Morgan fingerprint density at radius 1 is 0.0938 bits per heavy atom. The summed E-state index contributed by atoms with van der Waals surface area (Å²) in [4.78, 5) is 0. The highest BCUT2D eigenvalue weighted by molar-refractivity contribution is 6.71. The van der Waals surface area contributed by atoms with E-state index in [4.69, 9.17) is 0 Å². The minimum atomic E-state index is 1.11. The minimum absolute atomic E-state index is 1.11. The second kappa shape index (κ2) is 4.18. The Hall–Kier alpha value is 0. The van der Waals surface area contributed by atoms with Crippen molar-refractivity contribution in [2.45, 2.75) is 25.7 Å². The van der Waals surface area contributed by atoms with Crippen LogP contribution in [0.4, 0.5) is 0 Å². The predicted molar refractivity (Wildman–Crippen MR) is 292 cm³/mol. The SMILES string of the molecule is C1C2C3C4C5CC6C7C8C9C%10C%11C%12C%13C%14C%15C%16C%17C%18C%19CC%20C%21C%22C%23CC%24C%25C%26C%27C%28C%29C%30C%31C%32C%33C%34C%35C%36C1C21C32C43C56C74C85C96C%107C%118C%129C%13%10C%14%11C%15%12C%16%13C%17%14C%18%15C%20%19C%21%16C%22%17C%23%24C%25%18C%26%19C%27%20C%28%21C%29%22C%30%23C%31%24C%32%25C%33%26C%34%27C%35%28C%361C21C34C52C%281C%271C62C72C%261C%251C82C92C%241C%231C%223C%214C%205C%196C%17%18C%16%15C%146C%135C%124C%113C%1012. The summed E-state index contributed by atoms with van der Waals surface area (Å²) < 4.78 is 0. The van der Waals surface area contributed by atoms with E-state index >= 15 is 0 Å². The van der Waals surface area contributed by atoms with Gasteiger partial charge in [0.15, 0.2) is 0 Å². The number of rotatable bonds is 0. The molecule has 0 aromatic rings. The largest absolute Gasteiger partial charge is 0.0458 e. The highest BCUT2D eigenvalue weighted by Gasteiger charge is 3.84. The second-order valence-electron chi connectivity index (χ2n) is 64.6. The first-order valence-corrected chi connectivity index (χ1v) is 47.8. The van der Waals surface area contributed by atoms with Crippen LogP contribution in [0.2, 0.25) is 0 Å². The van der Waals surface area contributed by atoms with Crippen molar-refractivity contribution in [3.63, 3.8) is 0 Å². The predicted octanol–water partition coefficient (Wildman–Crippen LogP) is 7.13. The number of hydrogen-bond acceptors (Lipinski definition) is 0. The lowest BCUT2D eigenvalue weighted by Crippen LogP contribution is -3.74. The summed E-state index contributed by atoms with van der Waals surface area (Å²) in [5.74, 6) is 52.1. The van der Waals surface area contributed by atoms with Gasteiger partial charge in [-0.05, 0) is 542 Å². The monoisotopic (exact) mass is 1200 g/mol. The topological polar surface area (TPSA) is 0 Å². The zero-order valence-electron chi connectivity index (χ0n) is 51.6. The van der Waals surface area contributed by atoms with E-state index in [1.54, 1.807) is 0 Å². The van der Waals surface area contributed by atoms with Crippen LogP contribution in [0, 0.1) is 516 Å². The molecule has 88 atom stereocenters. The van der Waals surface area contributed by atoms with Crippen molar-refractivity contribution in [2.75, 3.05) is 0 Å². The van der Waals surface area contributed by atoms with E-state index in [1.807, 2.05) is 25.7 Å². The van der Waals surface area contributed by atoms with Gasteiger partial charge in [0.05, 0.1) is 0 Å². The molecule has 0 aliphatic heterocycles. The molecule has 0 N–H and O–H groups in total. The molecule has 96 heavy (non-hydrogen) atoms. The van der Waals surface area contributed by atoms with Crippen LogP contribution in [0.1, 0.15) is 25.7 Å². The van der Waals surface area contributed by atoms with Crippen molar-refractivity contribution >= 4 is 0 Å². The third-order valence-corrected chi connectivity index (χ3v) is 89.3. The van der Waals surface area contributed by atoms with Gasteiger partial charge in [0.25, 0.3) is 0 Å². The summed E-state index contributed by atoms with van der Waals surface area (Å²) in [5.41, 5.74) is 64.3. The molecule has 428 valence electrons. The van der Waals surface area contributed by atoms with Gasteiger partial charge in [-0.1, -0.05) is 0 Å². The molecule has 56 spiro atoms. The van der Waals surface area contributed by atoms with E-state index in [0.29, 0.717) is 0 Å². The van der Waals surface area contributed by atoms with Crippen molar-refractivity contribution in [1.82, 2.24) is 0 Å².